The summed E-state index contributed by atoms with van der Waals surface area (Å²) in [4.78, 5) is 100.0. The van der Waals surface area contributed by atoms with Gasteiger partial charge in [0.1, 0.15) is 23.8 Å². The number of nitrogens with one attached hydrogen (secondary N) is 5. The lowest BCUT2D eigenvalue weighted by Gasteiger charge is -2.40. The average molecular weight is 751 g/mol. The maximum atomic E-state index is 14.9. The Labute approximate surface area is 319 Å². The highest BCUT2D eigenvalue weighted by Crippen LogP contribution is 2.41. The summed E-state index contributed by atoms with van der Waals surface area (Å²) in [5, 5.41) is 11.6. The molecule has 3 saturated carbocycles. The number of carbonyl (C=O) groups excluding carboxylic acids is 7. The largest absolute Gasteiger partial charge is 0.348 e. The van der Waals surface area contributed by atoms with Crippen molar-refractivity contribution in [3.05, 3.63) is 23.0 Å². The number of carbonyl (C=O) groups is 7. The fourth-order valence-corrected chi connectivity index (χ4v) is 8.81. The molecule has 0 unspecified atom stereocenters. The summed E-state index contributed by atoms with van der Waals surface area (Å²) in [7, 11) is 0. The third-order valence-electron chi connectivity index (χ3n) is 12.0. The molecule has 0 spiro atoms. The van der Waals surface area contributed by atoms with Gasteiger partial charge in [-0.1, -0.05) is 73.1 Å². The molecule has 4 fully saturated rings. The Kier molecular flexibility index (Phi) is 13.4. The number of ketones is 2. The summed E-state index contributed by atoms with van der Waals surface area (Å²) in [5.41, 5.74) is 0.529. The fraction of sp³-hybridized carbons (Fsp3) is 0.732. The van der Waals surface area contributed by atoms with Crippen molar-refractivity contribution >= 4 is 41.1 Å². The van der Waals surface area contributed by atoms with E-state index in [4.69, 9.17) is 0 Å². The van der Waals surface area contributed by atoms with Crippen molar-refractivity contribution < 1.29 is 33.6 Å². The number of amides is 5. The summed E-state index contributed by atoms with van der Waals surface area (Å²) in [5.74, 6) is -3.40. The number of hydrogen-bond donors (Lipinski definition) is 5. The number of fused-ring (bicyclic) bond motifs is 1. The number of H-pyrrole nitrogens is 1. The molecule has 1 saturated heterocycles. The van der Waals surface area contributed by atoms with Crippen molar-refractivity contribution in [2.75, 3.05) is 0 Å². The molecular formula is C41H62N6O7. The van der Waals surface area contributed by atoms with Crippen LogP contribution in [0.2, 0.25) is 0 Å². The van der Waals surface area contributed by atoms with E-state index in [9.17, 15) is 33.6 Å². The van der Waals surface area contributed by atoms with Crippen LogP contribution in [0.4, 0.5) is 0 Å². The van der Waals surface area contributed by atoms with Gasteiger partial charge in [-0.25, -0.2) is 0 Å². The van der Waals surface area contributed by atoms with E-state index in [1.54, 1.807) is 11.0 Å². The Hall–Kier alpha value is -4.03. The lowest BCUT2D eigenvalue weighted by Crippen LogP contribution is -2.63. The van der Waals surface area contributed by atoms with Crippen LogP contribution in [-0.2, 0) is 30.4 Å². The Bertz CT molecular complexity index is 1590. The maximum Gasteiger partial charge on any atom is 0.289 e. The first kappa shape index (κ1) is 41.1. The number of hydrogen-bond acceptors (Lipinski definition) is 7. The number of likely N-dealkylation sites (tertiary alicyclic amines) is 1. The number of nitrogens with zero attached hydrogens (tertiary/aromatic N) is 1. The Morgan fingerprint density at radius 1 is 0.870 bits per heavy atom. The summed E-state index contributed by atoms with van der Waals surface area (Å²) >= 11 is 0. The molecule has 2 heterocycles. The van der Waals surface area contributed by atoms with E-state index < -0.39 is 59.0 Å². The second-order valence-corrected chi connectivity index (χ2v) is 17.2. The Balaban J connectivity index is 1.39. The van der Waals surface area contributed by atoms with Crippen LogP contribution in [0.5, 0.6) is 0 Å². The molecule has 5 amide bonds. The monoisotopic (exact) mass is 750 g/mol. The van der Waals surface area contributed by atoms with Crippen molar-refractivity contribution in [3.8, 4) is 0 Å². The zero-order chi connectivity index (χ0) is 39.3. The van der Waals surface area contributed by atoms with Crippen molar-refractivity contribution in [3.63, 3.8) is 0 Å². The minimum atomic E-state index is -1.03. The number of aromatic amines is 1. The molecule has 3 aliphatic carbocycles. The zero-order valence-electron chi connectivity index (χ0n) is 33.1. The Morgan fingerprint density at radius 3 is 2.13 bits per heavy atom. The second-order valence-electron chi connectivity index (χ2n) is 17.2. The molecular weight excluding hydrogens is 688 g/mol. The third-order valence-corrected chi connectivity index (χ3v) is 12.0. The van der Waals surface area contributed by atoms with Crippen LogP contribution in [0, 0.1) is 17.3 Å². The van der Waals surface area contributed by atoms with Gasteiger partial charge in [0, 0.05) is 19.0 Å². The van der Waals surface area contributed by atoms with Crippen LogP contribution in [0.1, 0.15) is 158 Å². The van der Waals surface area contributed by atoms with E-state index in [-0.39, 0.29) is 41.3 Å². The molecule has 13 nitrogen and oxygen atoms in total. The van der Waals surface area contributed by atoms with Crippen molar-refractivity contribution in [2.24, 2.45) is 17.3 Å². The van der Waals surface area contributed by atoms with E-state index in [2.05, 4.69) is 26.3 Å². The van der Waals surface area contributed by atoms with Crippen LogP contribution in [0.3, 0.4) is 0 Å². The second kappa shape index (κ2) is 17.6. The van der Waals surface area contributed by atoms with Gasteiger partial charge >= 0.3 is 0 Å². The maximum absolute atomic E-state index is 14.9. The van der Waals surface area contributed by atoms with Crippen LogP contribution in [0.25, 0.3) is 0 Å². The van der Waals surface area contributed by atoms with Gasteiger partial charge in [-0.15, -0.1) is 0 Å². The molecule has 0 aromatic carbocycles. The normalized spacial score (nSPS) is 23.4. The summed E-state index contributed by atoms with van der Waals surface area (Å²) in [6, 6.07) is -2.36. The summed E-state index contributed by atoms with van der Waals surface area (Å²) < 4.78 is 0. The van der Waals surface area contributed by atoms with E-state index in [0.29, 0.717) is 31.4 Å². The van der Waals surface area contributed by atoms with Gasteiger partial charge in [0.25, 0.3) is 11.8 Å². The van der Waals surface area contributed by atoms with Gasteiger partial charge in [0.05, 0.1) is 11.7 Å². The summed E-state index contributed by atoms with van der Waals surface area (Å²) in [6.07, 6.45) is 11.4. The molecule has 1 aliphatic heterocycles. The number of aryl methyl sites for hydroxylation is 1. The first-order chi connectivity index (χ1) is 25.6. The third kappa shape index (κ3) is 9.60. The minimum Gasteiger partial charge on any atom is -0.348 e. The van der Waals surface area contributed by atoms with Gasteiger partial charge in [0.2, 0.25) is 23.5 Å². The highest BCUT2D eigenvalue weighted by Gasteiger charge is 2.51. The van der Waals surface area contributed by atoms with Crippen molar-refractivity contribution in [1.29, 1.82) is 0 Å². The lowest BCUT2D eigenvalue weighted by atomic mass is 9.81. The molecule has 1 aromatic heterocycles. The molecule has 5 rings (SSSR count). The molecule has 54 heavy (non-hydrogen) atoms. The molecule has 1 aromatic rings. The van der Waals surface area contributed by atoms with Gasteiger partial charge in [-0.05, 0) is 86.7 Å². The molecule has 13 heteroatoms. The minimum absolute atomic E-state index is 0.00282. The zero-order valence-corrected chi connectivity index (χ0v) is 33.1. The predicted molar refractivity (Wildman–Crippen MR) is 203 cm³/mol. The summed E-state index contributed by atoms with van der Waals surface area (Å²) in [6.45, 7) is 10.8. The van der Waals surface area contributed by atoms with Crippen LogP contribution in [0.15, 0.2) is 6.07 Å². The smallest absolute Gasteiger partial charge is 0.289 e. The van der Waals surface area contributed by atoms with Gasteiger partial charge in [0.15, 0.2) is 5.78 Å². The highest BCUT2D eigenvalue weighted by atomic mass is 16.2. The SMILES string of the molecule is CCC[C@H](NC(=O)[C@@H]1C[C@@H]2CCCC[C@@H]2N1C(=O)[C@@H](NC(=O)[C@@H](NC(=O)c1cc(CC)c(C(C)=O)[nH]1)C1CCCCC1)C(C)(C)C)C(=O)C(=O)NC1CC1. The molecule has 0 radical (unpaired) electrons. The quantitative estimate of drug-likeness (QED) is 0.131. The fourth-order valence-electron chi connectivity index (χ4n) is 8.81. The topological polar surface area (TPSA) is 187 Å². The first-order valence-electron chi connectivity index (χ1n) is 20.5. The molecule has 4 aliphatic rings. The van der Waals surface area contributed by atoms with Gasteiger partial charge in [-0.3, -0.25) is 33.6 Å². The van der Waals surface area contributed by atoms with E-state index in [1.165, 1.54) is 6.92 Å². The standard InChI is InChI=1S/C41H62N6O7/c1-7-14-28(34(49)39(53)42-27-19-20-27)44-37(51)31-22-26-17-12-13-18-30(26)47(31)40(54)35(41(4,5)6)46-38(52)33(25-15-10-9-11-16-25)45-36(50)29-21-24(8-2)32(43-29)23(3)48/h21,25-28,30-31,33,35,43H,7-20,22H2,1-6H3,(H,42,53)(H,44,51)(H,45,50)(H,46,52)/t26-,28-,30-,31-,33-,35+/m0/s1. The number of Topliss-reactive ketones (excluding diaryl/α,β-unsaturated/α-hetero) is 2. The lowest BCUT2D eigenvalue weighted by molar-refractivity contribution is -0.147. The van der Waals surface area contributed by atoms with Crippen LogP contribution >= 0.6 is 0 Å². The van der Waals surface area contributed by atoms with Crippen LogP contribution in [-0.4, -0.2) is 87.2 Å². The van der Waals surface area contributed by atoms with Gasteiger partial charge < -0.3 is 31.2 Å². The predicted octanol–water partition coefficient (Wildman–Crippen LogP) is 4.28. The molecule has 6 atom stereocenters. The molecule has 5 N–H and O–H groups in total. The van der Waals surface area contributed by atoms with E-state index >= 15 is 0 Å². The highest BCUT2D eigenvalue weighted by molar-refractivity contribution is 6.38. The van der Waals surface area contributed by atoms with E-state index in [0.717, 1.165) is 76.2 Å². The van der Waals surface area contributed by atoms with Crippen molar-refractivity contribution in [2.45, 2.75) is 174 Å². The van der Waals surface area contributed by atoms with Gasteiger partial charge in [-0.2, -0.15) is 0 Å². The number of rotatable bonds is 15. The molecule has 298 valence electrons. The Morgan fingerprint density at radius 2 is 1.54 bits per heavy atom. The van der Waals surface area contributed by atoms with Crippen molar-refractivity contribution in [1.82, 2.24) is 31.2 Å². The molecule has 0 bridgehead atoms. The average Bonchev–Trinajstić information content (AvgIpc) is 3.69. The van der Waals surface area contributed by atoms with E-state index in [1.807, 2.05) is 34.6 Å². The number of aromatic nitrogens is 1. The first-order valence-corrected chi connectivity index (χ1v) is 20.5. The van der Waals surface area contributed by atoms with Crippen LogP contribution < -0.4 is 21.3 Å².